The Balaban J connectivity index is 1.97. The van der Waals surface area contributed by atoms with Crippen LogP contribution in [0.1, 0.15) is 16.8 Å². The molecule has 0 atom stereocenters. The molecule has 0 saturated carbocycles. The van der Waals surface area contributed by atoms with E-state index in [9.17, 15) is 0 Å². The van der Waals surface area contributed by atoms with Crippen molar-refractivity contribution >= 4 is 16.6 Å². The number of nitrogens with two attached hydrogens (primary N) is 1. The van der Waals surface area contributed by atoms with Gasteiger partial charge in [-0.2, -0.15) is 5.10 Å². The van der Waals surface area contributed by atoms with E-state index in [2.05, 4.69) is 28.4 Å². The normalized spacial score (nSPS) is 10.9. The molecule has 0 radical (unpaired) electrons. The van der Waals surface area contributed by atoms with Crippen LogP contribution < -0.4 is 10.5 Å². The highest BCUT2D eigenvalue weighted by Gasteiger charge is 2.09. The number of benzene rings is 2. The number of nitrogens with one attached hydrogen (secondary N) is 1. The number of nitrogen functional groups attached to an aromatic ring is 1. The molecule has 0 unspecified atom stereocenters. The molecule has 0 aliphatic heterocycles. The number of hydrogen-bond acceptors (Lipinski definition) is 3. The van der Waals surface area contributed by atoms with Gasteiger partial charge in [0.05, 0.1) is 18.3 Å². The SMILES string of the molecule is COc1ccc(Cc2ccc3[nH]nc(C)c3c2N)cc1. The Morgan fingerprint density at radius 2 is 1.90 bits per heavy atom. The monoisotopic (exact) mass is 267 g/mol. The molecule has 0 bridgehead atoms. The first kappa shape index (κ1) is 12.5. The molecule has 20 heavy (non-hydrogen) atoms. The summed E-state index contributed by atoms with van der Waals surface area (Å²) in [5, 5.41) is 8.22. The number of rotatable bonds is 3. The topological polar surface area (TPSA) is 63.9 Å². The predicted octanol–water partition coefficient (Wildman–Crippen LogP) is 3.05. The predicted molar refractivity (Wildman–Crippen MR) is 81.0 cm³/mol. The second-order valence-corrected chi connectivity index (χ2v) is 4.89. The Bertz CT molecular complexity index is 744. The van der Waals surface area contributed by atoms with Crippen LogP contribution in [0.3, 0.4) is 0 Å². The van der Waals surface area contributed by atoms with E-state index in [1.165, 1.54) is 5.56 Å². The van der Waals surface area contributed by atoms with Gasteiger partial charge in [-0.05, 0) is 42.7 Å². The summed E-state index contributed by atoms with van der Waals surface area (Å²) in [6, 6.07) is 12.1. The summed E-state index contributed by atoms with van der Waals surface area (Å²) in [5.74, 6) is 0.864. The third-order valence-electron chi connectivity index (χ3n) is 3.60. The minimum atomic E-state index is 0.802. The van der Waals surface area contributed by atoms with Gasteiger partial charge in [-0.15, -0.1) is 0 Å². The van der Waals surface area contributed by atoms with Crippen molar-refractivity contribution in [2.24, 2.45) is 0 Å². The van der Waals surface area contributed by atoms with Crippen molar-refractivity contribution in [1.29, 1.82) is 0 Å². The van der Waals surface area contributed by atoms with E-state index in [0.717, 1.165) is 40.0 Å². The molecule has 1 aromatic heterocycles. The molecule has 0 amide bonds. The van der Waals surface area contributed by atoms with Crippen LogP contribution in [0.15, 0.2) is 36.4 Å². The lowest BCUT2D eigenvalue weighted by Crippen LogP contribution is -1.97. The zero-order valence-electron chi connectivity index (χ0n) is 11.6. The van der Waals surface area contributed by atoms with Gasteiger partial charge in [-0.1, -0.05) is 18.2 Å². The molecule has 0 saturated heterocycles. The number of aromatic amines is 1. The highest BCUT2D eigenvalue weighted by atomic mass is 16.5. The van der Waals surface area contributed by atoms with E-state index in [1.807, 2.05) is 25.1 Å². The maximum atomic E-state index is 6.28. The molecule has 3 rings (SSSR count). The van der Waals surface area contributed by atoms with Gasteiger partial charge in [0, 0.05) is 11.1 Å². The van der Waals surface area contributed by atoms with Crippen LogP contribution in [0.4, 0.5) is 5.69 Å². The van der Waals surface area contributed by atoms with Crippen molar-refractivity contribution < 1.29 is 4.74 Å². The van der Waals surface area contributed by atoms with Crippen LogP contribution in [0.25, 0.3) is 10.9 Å². The van der Waals surface area contributed by atoms with E-state index in [0.29, 0.717) is 0 Å². The summed E-state index contributed by atoms with van der Waals surface area (Å²) < 4.78 is 5.17. The van der Waals surface area contributed by atoms with Crippen LogP contribution in [0.5, 0.6) is 5.75 Å². The summed E-state index contributed by atoms with van der Waals surface area (Å²) in [7, 11) is 1.67. The minimum absolute atomic E-state index is 0.802. The van der Waals surface area contributed by atoms with Gasteiger partial charge in [0.25, 0.3) is 0 Å². The molecule has 3 aromatic rings. The molecule has 3 N–H and O–H groups in total. The first-order chi connectivity index (χ1) is 9.69. The van der Waals surface area contributed by atoms with Crippen LogP contribution in [0.2, 0.25) is 0 Å². The quantitative estimate of drug-likeness (QED) is 0.717. The summed E-state index contributed by atoms with van der Waals surface area (Å²) in [5.41, 5.74) is 11.3. The second-order valence-electron chi connectivity index (χ2n) is 4.89. The van der Waals surface area contributed by atoms with Crippen molar-refractivity contribution in [3.8, 4) is 5.75 Å². The summed E-state index contributed by atoms with van der Waals surface area (Å²) in [6.45, 7) is 1.96. The summed E-state index contributed by atoms with van der Waals surface area (Å²) >= 11 is 0. The van der Waals surface area contributed by atoms with Crippen molar-refractivity contribution in [3.63, 3.8) is 0 Å². The molecule has 102 valence electrons. The fourth-order valence-corrected chi connectivity index (χ4v) is 2.46. The molecule has 0 aliphatic rings. The van der Waals surface area contributed by atoms with E-state index < -0.39 is 0 Å². The maximum absolute atomic E-state index is 6.28. The molecular weight excluding hydrogens is 250 g/mol. The zero-order valence-corrected chi connectivity index (χ0v) is 11.6. The molecule has 1 heterocycles. The van der Waals surface area contributed by atoms with Gasteiger partial charge in [-0.3, -0.25) is 5.10 Å². The molecule has 0 aliphatic carbocycles. The fourth-order valence-electron chi connectivity index (χ4n) is 2.46. The minimum Gasteiger partial charge on any atom is -0.497 e. The highest BCUT2D eigenvalue weighted by molar-refractivity contribution is 5.94. The van der Waals surface area contributed by atoms with Gasteiger partial charge in [0.1, 0.15) is 5.75 Å². The Morgan fingerprint density at radius 3 is 2.60 bits per heavy atom. The number of aromatic nitrogens is 2. The zero-order chi connectivity index (χ0) is 14.1. The lowest BCUT2D eigenvalue weighted by atomic mass is 10.0. The highest BCUT2D eigenvalue weighted by Crippen LogP contribution is 2.28. The van der Waals surface area contributed by atoms with Crippen molar-refractivity contribution in [2.75, 3.05) is 12.8 Å². The molecule has 4 heteroatoms. The number of hydrogen-bond donors (Lipinski definition) is 2. The standard InChI is InChI=1S/C16H17N3O/c1-10-15-14(19-18-10)8-5-12(16(15)17)9-11-3-6-13(20-2)7-4-11/h3-8H,9,17H2,1-2H3,(H,18,19). The Hall–Kier alpha value is -2.49. The van der Waals surface area contributed by atoms with Crippen LogP contribution in [-0.4, -0.2) is 17.3 Å². The number of ether oxygens (including phenoxy) is 1. The van der Waals surface area contributed by atoms with Crippen LogP contribution in [-0.2, 0) is 6.42 Å². The van der Waals surface area contributed by atoms with Crippen LogP contribution in [0, 0.1) is 6.92 Å². The van der Waals surface area contributed by atoms with E-state index >= 15 is 0 Å². The van der Waals surface area contributed by atoms with E-state index in [-0.39, 0.29) is 0 Å². The summed E-state index contributed by atoms with van der Waals surface area (Å²) in [4.78, 5) is 0. The van der Waals surface area contributed by atoms with Gasteiger partial charge in [0.2, 0.25) is 0 Å². The van der Waals surface area contributed by atoms with Gasteiger partial charge in [-0.25, -0.2) is 0 Å². The van der Waals surface area contributed by atoms with Crippen molar-refractivity contribution in [3.05, 3.63) is 53.2 Å². The molecule has 2 aromatic carbocycles. The number of H-pyrrole nitrogens is 1. The number of nitrogens with zero attached hydrogens (tertiary/aromatic N) is 1. The first-order valence-corrected chi connectivity index (χ1v) is 6.54. The fraction of sp³-hybridized carbons (Fsp3) is 0.188. The molecule has 4 nitrogen and oxygen atoms in total. The van der Waals surface area contributed by atoms with Gasteiger partial charge in [0.15, 0.2) is 0 Å². The first-order valence-electron chi connectivity index (χ1n) is 6.54. The Kier molecular flexibility index (Phi) is 3.06. The average molecular weight is 267 g/mol. The van der Waals surface area contributed by atoms with Gasteiger partial charge < -0.3 is 10.5 Å². The third kappa shape index (κ3) is 2.09. The third-order valence-corrected chi connectivity index (χ3v) is 3.60. The van der Waals surface area contributed by atoms with Crippen molar-refractivity contribution in [2.45, 2.75) is 13.3 Å². The lowest BCUT2D eigenvalue weighted by molar-refractivity contribution is 0.414. The number of methoxy groups -OCH3 is 1. The molecule has 0 spiro atoms. The average Bonchev–Trinajstić information content (AvgIpc) is 2.85. The molecular formula is C16H17N3O. The second kappa shape index (κ2) is 4.89. The number of fused-ring (bicyclic) bond motifs is 1. The lowest BCUT2D eigenvalue weighted by Gasteiger charge is -2.08. The van der Waals surface area contributed by atoms with Crippen molar-refractivity contribution in [1.82, 2.24) is 10.2 Å². The maximum Gasteiger partial charge on any atom is 0.118 e. The smallest absolute Gasteiger partial charge is 0.118 e. The van der Waals surface area contributed by atoms with E-state index in [4.69, 9.17) is 10.5 Å². The number of aryl methyl sites for hydroxylation is 1. The summed E-state index contributed by atoms with van der Waals surface area (Å²) in [6.07, 6.45) is 0.802. The Labute approximate surface area is 117 Å². The van der Waals surface area contributed by atoms with E-state index in [1.54, 1.807) is 7.11 Å². The van der Waals surface area contributed by atoms with Gasteiger partial charge >= 0.3 is 0 Å². The Morgan fingerprint density at radius 1 is 1.15 bits per heavy atom. The largest absolute Gasteiger partial charge is 0.497 e. The molecule has 0 fully saturated rings. The van der Waals surface area contributed by atoms with Crippen LogP contribution >= 0.6 is 0 Å². The number of anilines is 1.